The number of carbonyl (C=O) groups excluding carboxylic acids is 1. The largest absolute Gasteiger partial charge is 0.492 e. The zero-order valence-corrected chi connectivity index (χ0v) is 13.8. The van der Waals surface area contributed by atoms with Crippen LogP contribution < -0.4 is 10.1 Å². The Morgan fingerprint density at radius 2 is 1.87 bits per heavy atom. The molecule has 1 N–H and O–H groups in total. The summed E-state index contributed by atoms with van der Waals surface area (Å²) in [6, 6.07) is 15.9. The normalized spacial score (nSPS) is 11.7. The number of ether oxygens (including phenoxy) is 1. The lowest BCUT2D eigenvalue weighted by molar-refractivity contribution is -0.120. The maximum Gasteiger partial charge on any atom is 0.232 e. The highest BCUT2D eigenvalue weighted by molar-refractivity contribution is 7.99. The van der Waals surface area contributed by atoms with E-state index in [1.807, 2.05) is 37.3 Å². The summed E-state index contributed by atoms with van der Waals surface area (Å²) >= 11 is 1.60. The Kier molecular flexibility index (Phi) is 6.94. The topological polar surface area (TPSA) is 38.3 Å². The van der Waals surface area contributed by atoms with E-state index < -0.39 is 0 Å². The molecular formula is C18H20FNO2S. The van der Waals surface area contributed by atoms with Gasteiger partial charge in [0.25, 0.3) is 0 Å². The molecule has 0 aliphatic carbocycles. The predicted molar refractivity (Wildman–Crippen MR) is 92.1 cm³/mol. The van der Waals surface area contributed by atoms with E-state index in [-0.39, 0.29) is 17.0 Å². The van der Waals surface area contributed by atoms with E-state index in [4.69, 9.17) is 4.74 Å². The summed E-state index contributed by atoms with van der Waals surface area (Å²) in [7, 11) is 0. The Morgan fingerprint density at radius 3 is 2.57 bits per heavy atom. The lowest BCUT2D eigenvalue weighted by Crippen LogP contribution is -2.34. The minimum absolute atomic E-state index is 0.00589. The summed E-state index contributed by atoms with van der Waals surface area (Å²) < 4.78 is 18.2. The number of benzene rings is 2. The molecule has 23 heavy (non-hydrogen) atoms. The van der Waals surface area contributed by atoms with Gasteiger partial charge in [0.2, 0.25) is 5.91 Å². The van der Waals surface area contributed by atoms with Crippen LogP contribution in [0, 0.1) is 5.82 Å². The number of nitrogens with one attached hydrogen (secondary N) is 1. The van der Waals surface area contributed by atoms with Crippen molar-refractivity contribution in [3.8, 4) is 5.75 Å². The Bertz CT molecular complexity index is 604. The van der Waals surface area contributed by atoms with E-state index >= 15 is 0 Å². The fraction of sp³-hybridized carbons (Fsp3) is 0.278. The van der Waals surface area contributed by atoms with Crippen molar-refractivity contribution in [2.24, 2.45) is 0 Å². The molecule has 0 radical (unpaired) electrons. The van der Waals surface area contributed by atoms with Crippen molar-refractivity contribution in [3.05, 3.63) is 66.0 Å². The SMILES string of the molecule is CC(SCc1ccccc1)C(=O)NCCOc1ccc(F)cc1. The van der Waals surface area contributed by atoms with Gasteiger partial charge in [-0.2, -0.15) is 0 Å². The van der Waals surface area contributed by atoms with Crippen LogP contribution in [0.4, 0.5) is 4.39 Å². The molecular weight excluding hydrogens is 313 g/mol. The summed E-state index contributed by atoms with van der Waals surface area (Å²) in [6.07, 6.45) is 0. The highest BCUT2D eigenvalue weighted by Crippen LogP contribution is 2.17. The fourth-order valence-electron chi connectivity index (χ4n) is 1.89. The molecule has 0 spiro atoms. The first-order chi connectivity index (χ1) is 11.1. The van der Waals surface area contributed by atoms with E-state index in [0.29, 0.717) is 18.9 Å². The zero-order valence-electron chi connectivity index (χ0n) is 13.0. The van der Waals surface area contributed by atoms with E-state index in [2.05, 4.69) is 5.32 Å². The third kappa shape index (κ3) is 6.32. The molecule has 0 aliphatic rings. The van der Waals surface area contributed by atoms with E-state index in [1.54, 1.807) is 23.9 Å². The van der Waals surface area contributed by atoms with Crippen molar-refractivity contribution in [2.75, 3.05) is 13.2 Å². The van der Waals surface area contributed by atoms with Crippen LogP contribution in [-0.4, -0.2) is 24.3 Å². The minimum atomic E-state index is -0.296. The average molecular weight is 333 g/mol. The van der Waals surface area contributed by atoms with Crippen LogP contribution in [0.3, 0.4) is 0 Å². The van der Waals surface area contributed by atoms with Gasteiger partial charge in [-0.25, -0.2) is 4.39 Å². The van der Waals surface area contributed by atoms with Crippen LogP contribution in [-0.2, 0) is 10.5 Å². The molecule has 0 saturated carbocycles. The first-order valence-corrected chi connectivity index (χ1v) is 8.51. The Balaban J connectivity index is 1.63. The Hall–Kier alpha value is -2.01. The molecule has 2 rings (SSSR count). The van der Waals surface area contributed by atoms with Crippen LogP contribution >= 0.6 is 11.8 Å². The monoisotopic (exact) mass is 333 g/mol. The number of amides is 1. The molecule has 5 heteroatoms. The van der Waals surface area contributed by atoms with Gasteiger partial charge in [-0.05, 0) is 36.8 Å². The average Bonchev–Trinajstić information content (AvgIpc) is 2.59. The predicted octanol–water partition coefficient (Wildman–Crippen LogP) is 3.64. The Labute approximate surface area is 140 Å². The second-order valence-electron chi connectivity index (χ2n) is 5.03. The number of halogens is 1. The molecule has 0 bridgehead atoms. The maximum absolute atomic E-state index is 12.8. The molecule has 122 valence electrons. The van der Waals surface area contributed by atoms with E-state index in [1.165, 1.54) is 17.7 Å². The third-order valence-corrected chi connectivity index (χ3v) is 4.41. The van der Waals surface area contributed by atoms with Crippen molar-refractivity contribution in [1.82, 2.24) is 5.32 Å². The van der Waals surface area contributed by atoms with Gasteiger partial charge in [0.15, 0.2) is 0 Å². The first-order valence-electron chi connectivity index (χ1n) is 7.47. The van der Waals surface area contributed by atoms with Crippen LogP contribution in [0.1, 0.15) is 12.5 Å². The summed E-state index contributed by atoms with van der Waals surface area (Å²) in [4.78, 5) is 12.0. The molecule has 1 amide bonds. The van der Waals surface area contributed by atoms with Gasteiger partial charge in [-0.15, -0.1) is 11.8 Å². The van der Waals surface area contributed by atoms with Gasteiger partial charge in [0, 0.05) is 5.75 Å². The summed E-state index contributed by atoms with van der Waals surface area (Å²) in [5.74, 6) is 1.09. The van der Waals surface area contributed by atoms with Gasteiger partial charge in [0.1, 0.15) is 18.2 Å². The number of hydrogen-bond acceptors (Lipinski definition) is 3. The molecule has 0 aliphatic heterocycles. The molecule has 2 aromatic carbocycles. The van der Waals surface area contributed by atoms with Crippen molar-refractivity contribution in [3.63, 3.8) is 0 Å². The minimum Gasteiger partial charge on any atom is -0.492 e. The van der Waals surface area contributed by atoms with Crippen LogP contribution in [0.25, 0.3) is 0 Å². The zero-order chi connectivity index (χ0) is 16.5. The molecule has 0 saturated heterocycles. The molecule has 3 nitrogen and oxygen atoms in total. The van der Waals surface area contributed by atoms with Crippen molar-refractivity contribution < 1.29 is 13.9 Å². The van der Waals surface area contributed by atoms with Gasteiger partial charge < -0.3 is 10.1 Å². The molecule has 2 aromatic rings. The van der Waals surface area contributed by atoms with E-state index in [9.17, 15) is 9.18 Å². The highest BCUT2D eigenvalue weighted by Gasteiger charge is 2.12. The lowest BCUT2D eigenvalue weighted by atomic mass is 10.2. The number of carbonyl (C=O) groups is 1. The summed E-state index contributed by atoms with van der Waals surface area (Å²) in [5.41, 5.74) is 1.21. The van der Waals surface area contributed by atoms with Gasteiger partial charge in [-0.1, -0.05) is 30.3 Å². The van der Waals surface area contributed by atoms with Crippen molar-refractivity contribution in [1.29, 1.82) is 0 Å². The molecule has 0 heterocycles. The maximum atomic E-state index is 12.8. The van der Waals surface area contributed by atoms with Crippen LogP contribution in [0.2, 0.25) is 0 Å². The fourth-order valence-corrected chi connectivity index (χ4v) is 2.76. The highest BCUT2D eigenvalue weighted by atomic mass is 32.2. The Morgan fingerprint density at radius 1 is 1.17 bits per heavy atom. The van der Waals surface area contributed by atoms with E-state index in [0.717, 1.165) is 5.75 Å². The number of hydrogen-bond donors (Lipinski definition) is 1. The first kappa shape index (κ1) is 17.3. The number of thioether (sulfide) groups is 1. The number of rotatable bonds is 8. The van der Waals surface area contributed by atoms with Gasteiger partial charge >= 0.3 is 0 Å². The molecule has 0 fully saturated rings. The smallest absolute Gasteiger partial charge is 0.232 e. The van der Waals surface area contributed by atoms with Crippen LogP contribution in [0.5, 0.6) is 5.75 Å². The molecule has 1 atom stereocenters. The van der Waals surface area contributed by atoms with Gasteiger partial charge in [0.05, 0.1) is 11.8 Å². The molecule has 0 aromatic heterocycles. The lowest BCUT2D eigenvalue weighted by Gasteiger charge is -2.12. The standard InChI is InChI=1S/C18H20FNO2S/c1-14(23-13-15-5-3-2-4-6-15)18(21)20-11-12-22-17-9-7-16(19)8-10-17/h2-10,14H,11-13H2,1H3,(H,20,21). The van der Waals surface area contributed by atoms with Crippen molar-refractivity contribution >= 4 is 17.7 Å². The third-order valence-electron chi connectivity index (χ3n) is 3.20. The second-order valence-corrected chi connectivity index (χ2v) is 6.36. The summed E-state index contributed by atoms with van der Waals surface area (Å²) in [6.45, 7) is 2.67. The van der Waals surface area contributed by atoms with Crippen LogP contribution in [0.15, 0.2) is 54.6 Å². The van der Waals surface area contributed by atoms with Gasteiger partial charge in [-0.3, -0.25) is 4.79 Å². The molecule has 1 unspecified atom stereocenters. The second kappa shape index (κ2) is 9.20. The summed E-state index contributed by atoms with van der Waals surface area (Å²) in [5, 5.41) is 2.72. The van der Waals surface area contributed by atoms with Crippen molar-refractivity contribution in [2.45, 2.75) is 17.9 Å². The quantitative estimate of drug-likeness (QED) is 0.750.